The molecule has 0 N–H and O–H groups in total. The fraction of sp³-hybridized carbons (Fsp3) is 0.300. The van der Waals surface area contributed by atoms with E-state index in [1.54, 1.807) is 24.3 Å². The van der Waals surface area contributed by atoms with Gasteiger partial charge in [0.05, 0.1) is 30.9 Å². The summed E-state index contributed by atoms with van der Waals surface area (Å²) in [5.41, 5.74) is 3.28. The molecule has 2 aromatic rings. The van der Waals surface area contributed by atoms with Crippen LogP contribution in [0.25, 0.3) is 0 Å². The number of nitrogens with zero attached hydrogens (tertiary/aromatic N) is 2. The maximum Gasteiger partial charge on any atom is 0.261 e. The lowest BCUT2D eigenvalue weighted by molar-refractivity contribution is 0.0545. The van der Waals surface area contributed by atoms with E-state index in [1.807, 2.05) is 26.2 Å². The predicted octanol–water partition coefficient (Wildman–Crippen LogP) is 2.56. The lowest BCUT2D eigenvalue weighted by atomic mass is 10.1. The van der Waals surface area contributed by atoms with E-state index in [4.69, 9.17) is 4.74 Å². The Morgan fingerprint density at radius 3 is 2.00 bits per heavy atom. The summed E-state index contributed by atoms with van der Waals surface area (Å²) in [6, 6.07) is 15.2. The first-order valence-corrected chi connectivity index (χ1v) is 8.32. The zero-order chi connectivity index (χ0) is 17.8. The van der Waals surface area contributed by atoms with Gasteiger partial charge >= 0.3 is 0 Å². The van der Waals surface area contributed by atoms with Crippen LogP contribution in [-0.2, 0) is 17.9 Å². The maximum absolute atomic E-state index is 12.2. The number of ether oxygens (including phenoxy) is 1. The van der Waals surface area contributed by atoms with Gasteiger partial charge < -0.3 is 9.64 Å². The van der Waals surface area contributed by atoms with Gasteiger partial charge in [-0.1, -0.05) is 36.4 Å². The SMILES string of the molecule is CN(C)Cc1ccc(COCCN2C(=O)c3ccccc3C2=O)cc1. The van der Waals surface area contributed by atoms with Crippen LogP contribution in [0.5, 0.6) is 0 Å². The molecule has 3 rings (SSSR count). The van der Waals surface area contributed by atoms with Gasteiger partial charge in [-0.25, -0.2) is 0 Å². The molecule has 0 spiro atoms. The molecular formula is C20H22N2O3. The van der Waals surface area contributed by atoms with Crippen molar-refractivity contribution in [3.63, 3.8) is 0 Å². The smallest absolute Gasteiger partial charge is 0.261 e. The molecule has 130 valence electrons. The first kappa shape index (κ1) is 17.3. The standard InChI is InChI=1S/C20H22N2O3/c1-21(2)13-15-7-9-16(10-8-15)14-25-12-11-22-19(23)17-5-3-4-6-18(17)20(22)24/h3-10H,11-14H2,1-2H3. The van der Waals surface area contributed by atoms with Gasteiger partial charge in [0.25, 0.3) is 11.8 Å². The van der Waals surface area contributed by atoms with Gasteiger partial charge in [0.2, 0.25) is 0 Å². The number of hydrogen-bond donors (Lipinski definition) is 0. The molecule has 0 atom stereocenters. The molecule has 0 saturated carbocycles. The average Bonchev–Trinajstić information content (AvgIpc) is 2.84. The van der Waals surface area contributed by atoms with Crippen LogP contribution < -0.4 is 0 Å². The highest BCUT2D eigenvalue weighted by Crippen LogP contribution is 2.21. The van der Waals surface area contributed by atoms with Gasteiger partial charge in [-0.3, -0.25) is 14.5 Å². The van der Waals surface area contributed by atoms with Crippen LogP contribution in [0.1, 0.15) is 31.8 Å². The van der Waals surface area contributed by atoms with Crippen molar-refractivity contribution in [1.29, 1.82) is 0 Å². The third-order valence-corrected chi connectivity index (χ3v) is 4.13. The highest BCUT2D eigenvalue weighted by atomic mass is 16.5. The van der Waals surface area contributed by atoms with E-state index in [0.717, 1.165) is 12.1 Å². The lowest BCUT2D eigenvalue weighted by Gasteiger charge is -2.14. The van der Waals surface area contributed by atoms with Crippen molar-refractivity contribution in [1.82, 2.24) is 9.80 Å². The summed E-state index contributed by atoms with van der Waals surface area (Å²) in [6.45, 7) is 1.96. The van der Waals surface area contributed by atoms with E-state index >= 15 is 0 Å². The summed E-state index contributed by atoms with van der Waals surface area (Å²) in [6.07, 6.45) is 0. The molecule has 25 heavy (non-hydrogen) atoms. The van der Waals surface area contributed by atoms with Crippen molar-refractivity contribution in [2.45, 2.75) is 13.2 Å². The number of hydrogen-bond acceptors (Lipinski definition) is 4. The molecule has 1 aliphatic rings. The van der Waals surface area contributed by atoms with Crippen LogP contribution in [-0.4, -0.2) is 48.9 Å². The molecule has 0 radical (unpaired) electrons. The minimum absolute atomic E-state index is 0.239. The fourth-order valence-corrected chi connectivity index (χ4v) is 2.89. The minimum atomic E-state index is -0.239. The van der Waals surface area contributed by atoms with Gasteiger partial charge in [0, 0.05) is 6.54 Å². The summed E-state index contributed by atoms with van der Waals surface area (Å²) in [4.78, 5) is 27.9. The molecule has 0 unspecified atom stereocenters. The number of imide groups is 1. The Kier molecular flexibility index (Phi) is 5.26. The highest BCUT2D eigenvalue weighted by Gasteiger charge is 2.34. The van der Waals surface area contributed by atoms with E-state index in [1.165, 1.54) is 10.5 Å². The van der Waals surface area contributed by atoms with E-state index in [0.29, 0.717) is 24.3 Å². The van der Waals surface area contributed by atoms with Gasteiger partial charge in [0.15, 0.2) is 0 Å². The number of benzene rings is 2. The molecule has 0 aromatic heterocycles. The third-order valence-electron chi connectivity index (χ3n) is 4.13. The quantitative estimate of drug-likeness (QED) is 0.575. The zero-order valence-electron chi connectivity index (χ0n) is 14.6. The van der Waals surface area contributed by atoms with E-state index < -0.39 is 0 Å². The molecule has 1 aliphatic heterocycles. The molecule has 2 amide bonds. The van der Waals surface area contributed by atoms with Crippen molar-refractivity contribution < 1.29 is 14.3 Å². The van der Waals surface area contributed by atoms with Gasteiger partial charge in [-0.05, 0) is 37.4 Å². The largest absolute Gasteiger partial charge is 0.375 e. The second-order valence-electron chi connectivity index (χ2n) is 6.41. The first-order valence-electron chi connectivity index (χ1n) is 8.32. The maximum atomic E-state index is 12.2. The predicted molar refractivity (Wildman–Crippen MR) is 95.3 cm³/mol. The molecule has 5 nitrogen and oxygen atoms in total. The van der Waals surface area contributed by atoms with Gasteiger partial charge in [-0.2, -0.15) is 0 Å². The highest BCUT2D eigenvalue weighted by molar-refractivity contribution is 6.21. The number of amides is 2. The molecule has 0 fully saturated rings. The zero-order valence-corrected chi connectivity index (χ0v) is 14.6. The third kappa shape index (κ3) is 3.95. The molecule has 1 heterocycles. The van der Waals surface area contributed by atoms with E-state index in [9.17, 15) is 9.59 Å². The Bertz CT molecular complexity index is 734. The van der Waals surface area contributed by atoms with Crippen molar-refractivity contribution in [3.05, 3.63) is 70.8 Å². The van der Waals surface area contributed by atoms with Crippen molar-refractivity contribution >= 4 is 11.8 Å². The number of carbonyl (C=O) groups is 2. The topological polar surface area (TPSA) is 49.9 Å². The normalized spacial score (nSPS) is 13.6. The molecule has 0 aliphatic carbocycles. The Balaban J connectivity index is 1.48. The average molecular weight is 338 g/mol. The van der Waals surface area contributed by atoms with E-state index in [-0.39, 0.29) is 18.4 Å². The Hall–Kier alpha value is -2.50. The summed E-state index contributed by atoms with van der Waals surface area (Å²) < 4.78 is 5.64. The molecule has 5 heteroatoms. The second kappa shape index (κ2) is 7.59. The van der Waals surface area contributed by atoms with Crippen molar-refractivity contribution in [2.75, 3.05) is 27.2 Å². The molecular weight excluding hydrogens is 316 g/mol. The number of carbonyl (C=O) groups excluding carboxylic acids is 2. The van der Waals surface area contributed by atoms with Crippen LogP contribution >= 0.6 is 0 Å². The fourth-order valence-electron chi connectivity index (χ4n) is 2.89. The van der Waals surface area contributed by atoms with Crippen LogP contribution in [0.2, 0.25) is 0 Å². The van der Waals surface area contributed by atoms with Crippen LogP contribution in [0.4, 0.5) is 0 Å². The summed E-state index contributed by atoms with van der Waals surface area (Å²) in [7, 11) is 4.08. The molecule has 0 bridgehead atoms. The van der Waals surface area contributed by atoms with Crippen LogP contribution in [0.3, 0.4) is 0 Å². The second-order valence-corrected chi connectivity index (χ2v) is 6.41. The Morgan fingerprint density at radius 2 is 1.44 bits per heavy atom. The van der Waals surface area contributed by atoms with Crippen LogP contribution in [0, 0.1) is 0 Å². The Morgan fingerprint density at radius 1 is 0.880 bits per heavy atom. The van der Waals surface area contributed by atoms with Crippen LogP contribution in [0.15, 0.2) is 48.5 Å². The number of rotatable bonds is 7. The van der Waals surface area contributed by atoms with Crippen molar-refractivity contribution in [2.24, 2.45) is 0 Å². The number of fused-ring (bicyclic) bond motifs is 1. The lowest BCUT2D eigenvalue weighted by Crippen LogP contribution is -2.33. The summed E-state index contributed by atoms with van der Waals surface area (Å²) in [5.74, 6) is -0.477. The van der Waals surface area contributed by atoms with Gasteiger partial charge in [-0.15, -0.1) is 0 Å². The monoisotopic (exact) mass is 338 g/mol. The summed E-state index contributed by atoms with van der Waals surface area (Å²) >= 11 is 0. The molecule has 2 aromatic carbocycles. The van der Waals surface area contributed by atoms with E-state index in [2.05, 4.69) is 17.0 Å². The van der Waals surface area contributed by atoms with Gasteiger partial charge in [0.1, 0.15) is 0 Å². The minimum Gasteiger partial charge on any atom is -0.375 e. The first-order chi connectivity index (χ1) is 12.1. The Labute approximate surface area is 147 Å². The molecule has 0 saturated heterocycles. The summed E-state index contributed by atoms with van der Waals surface area (Å²) in [5, 5.41) is 0. The van der Waals surface area contributed by atoms with Crippen molar-refractivity contribution in [3.8, 4) is 0 Å².